The Balaban J connectivity index is 2.16. The minimum atomic E-state index is 0.376. The van der Waals surface area contributed by atoms with Crippen LogP contribution in [0.1, 0.15) is 33.6 Å². The molecule has 0 aromatic carbocycles. The van der Waals surface area contributed by atoms with Gasteiger partial charge < -0.3 is 10.2 Å². The van der Waals surface area contributed by atoms with E-state index in [1.165, 1.54) is 6.42 Å². The predicted octanol–water partition coefficient (Wildman–Crippen LogP) is 3.30. The molecule has 1 aromatic rings. The minimum absolute atomic E-state index is 0.376. The number of anilines is 2. The van der Waals surface area contributed by atoms with Crippen LogP contribution in [-0.4, -0.2) is 29.6 Å². The summed E-state index contributed by atoms with van der Waals surface area (Å²) in [4.78, 5) is 11.2. The average Bonchev–Trinajstić information content (AvgIpc) is 2.68. The first-order chi connectivity index (χ1) is 8.52. The number of rotatable bonds is 4. The molecule has 18 heavy (non-hydrogen) atoms. The first-order valence-corrected chi connectivity index (χ1v) is 7.32. The summed E-state index contributed by atoms with van der Waals surface area (Å²) in [5.41, 5.74) is 0.376. The van der Waals surface area contributed by atoms with Crippen molar-refractivity contribution < 1.29 is 0 Å². The molecule has 5 heteroatoms. The highest BCUT2D eigenvalue weighted by atomic mass is 79.9. The molecule has 0 radical (unpaired) electrons. The van der Waals surface area contributed by atoms with Gasteiger partial charge in [-0.05, 0) is 34.2 Å². The molecule has 0 aliphatic carbocycles. The highest BCUT2D eigenvalue weighted by molar-refractivity contribution is 9.10. The molecule has 1 aliphatic rings. The zero-order chi connectivity index (χ0) is 13.2. The van der Waals surface area contributed by atoms with E-state index in [1.807, 2.05) is 6.20 Å². The van der Waals surface area contributed by atoms with Crippen molar-refractivity contribution in [3.05, 3.63) is 10.7 Å². The first-order valence-electron chi connectivity index (χ1n) is 6.53. The number of halogens is 1. The van der Waals surface area contributed by atoms with Crippen LogP contribution in [0.3, 0.4) is 0 Å². The number of hydrogen-bond donors (Lipinski definition) is 1. The second-order valence-electron chi connectivity index (χ2n) is 5.63. The van der Waals surface area contributed by atoms with Gasteiger partial charge in [0.25, 0.3) is 0 Å². The third-order valence-electron chi connectivity index (χ3n) is 3.24. The van der Waals surface area contributed by atoms with Crippen LogP contribution in [0.4, 0.5) is 11.8 Å². The molecule has 100 valence electrons. The van der Waals surface area contributed by atoms with E-state index in [1.54, 1.807) is 0 Å². The summed E-state index contributed by atoms with van der Waals surface area (Å²) in [7, 11) is 0. The molecule has 1 saturated heterocycles. The van der Waals surface area contributed by atoms with E-state index in [0.29, 0.717) is 5.41 Å². The molecular weight excluding hydrogens is 292 g/mol. The highest BCUT2D eigenvalue weighted by Crippen LogP contribution is 2.34. The van der Waals surface area contributed by atoms with Crippen molar-refractivity contribution >= 4 is 27.7 Å². The van der Waals surface area contributed by atoms with E-state index in [0.717, 1.165) is 42.3 Å². The molecule has 1 aromatic heterocycles. The van der Waals surface area contributed by atoms with Gasteiger partial charge in [-0.2, -0.15) is 4.98 Å². The van der Waals surface area contributed by atoms with Gasteiger partial charge in [-0.15, -0.1) is 0 Å². The Morgan fingerprint density at radius 3 is 2.89 bits per heavy atom. The number of aromatic nitrogens is 2. The van der Waals surface area contributed by atoms with Gasteiger partial charge in [-0.3, -0.25) is 0 Å². The maximum absolute atomic E-state index is 4.61. The zero-order valence-electron chi connectivity index (χ0n) is 11.3. The van der Waals surface area contributed by atoms with Crippen LogP contribution in [0, 0.1) is 5.41 Å². The lowest BCUT2D eigenvalue weighted by Gasteiger charge is -2.22. The van der Waals surface area contributed by atoms with Gasteiger partial charge in [0.1, 0.15) is 5.82 Å². The third kappa shape index (κ3) is 3.13. The Bertz CT molecular complexity index is 419. The van der Waals surface area contributed by atoms with Gasteiger partial charge >= 0.3 is 0 Å². The van der Waals surface area contributed by atoms with Crippen molar-refractivity contribution in [1.29, 1.82) is 0 Å². The summed E-state index contributed by atoms with van der Waals surface area (Å²) in [6.07, 6.45) is 4.12. The summed E-state index contributed by atoms with van der Waals surface area (Å²) in [6, 6.07) is 0. The smallest absolute Gasteiger partial charge is 0.224 e. The quantitative estimate of drug-likeness (QED) is 0.926. The molecule has 0 amide bonds. The van der Waals surface area contributed by atoms with Crippen LogP contribution in [0.25, 0.3) is 0 Å². The van der Waals surface area contributed by atoms with E-state index in [4.69, 9.17) is 0 Å². The van der Waals surface area contributed by atoms with Crippen LogP contribution in [0.2, 0.25) is 0 Å². The van der Waals surface area contributed by atoms with Gasteiger partial charge in [-0.1, -0.05) is 20.8 Å². The molecule has 4 nitrogen and oxygen atoms in total. The molecule has 0 atom stereocenters. The maximum atomic E-state index is 4.61. The van der Waals surface area contributed by atoms with E-state index < -0.39 is 0 Å². The molecule has 0 saturated carbocycles. The molecule has 1 N–H and O–H groups in total. The zero-order valence-corrected chi connectivity index (χ0v) is 12.9. The molecule has 0 bridgehead atoms. The lowest BCUT2D eigenvalue weighted by atomic mass is 9.93. The summed E-state index contributed by atoms with van der Waals surface area (Å²) in [5.74, 6) is 1.73. The fraction of sp³-hybridized carbons (Fsp3) is 0.692. The Morgan fingerprint density at radius 2 is 2.28 bits per heavy atom. The van der Waals surface area contributed by atoms with E-state index in [-0.39, 0.29) is 0 Å². The monoisotopic (exact) mass is 312 g/mol. The average molecular weight is 313 g/mol. The van der Waals surface area contributed by atoms with Crippen LogP contribution in [0.15, 0.2) is 10.7 Å². The fourth-order valence-electron chi connectivity index (χ4n) is 2.20. The van der Waals surface area contributed by atoms with Crippen molar-refractivity contribution in [2.24, 2.45) is 5.41 Å². The van der Waals surface area contributed by atoms with Gasteiger partial charge in [0.05, 0.1) is 4.47 Å². The van der Waals surface area contributed by atoms with Crippen LogP contribution in [0.5, 0.6) is 0 Å². The van der Waals surface area contributed by atoms with Crippen LogP contribution >= 0.6 is 15.9 Å². The molecule has 2 heterocycles. The Labute approximate surface area is 117 Å². The second-order valence-corrected chi connectivity index (χ2v) is 6.48. The molecule has 2 rings (SSSR count). The molecule has 0 spiro atoms. The lowest BCUT2D eigenvalue weighted by Crippen LogP contribution is -2.24. The van der Waals surface area contributed by atoms with Crippen molar-refractivity contribution in [2.75, 3.05) is 29.9 Å². The summed E-state index contributed by atoms with van der Waals surface area (Å²) >= 11 is 3.55. The van der Waals surface area contributed by atoms with E-state index in [9.17, 15) is 0 Å². The number of hydrogen-bond acceptors (Lipinski definition) is 4. The molecule has 0 unspecified atom stereocenters. The maximum Gasteiger partial charge on any atom is 0.224 e. The molecule has 1 aliphatic heterocycles. The van der Waals surface area contributed by atoms with E-state index in [2.05, 4.69) is 56.9 Å². The van der Waals surface area contributed by atoms with Gasteiger partial charge in [0.15, 0.2) is 0 Å². The van der Waals surface area contributed by atoms with Gasteiger partial charge in [-0.25, -0.2) is 4.98 Å². The van der Waals surface area contributed by atoms with Crippen molar-refractivity contribution in [3.63, 3.8) is 0 Å². The van der Waals surface area contributed by atoms with Crippen molar-refractivity contribution in [2.45, 2.75) is 33.6 Å². The lowest BCUT2D eigenvalue weighted by molar-refractivity contribution is 0.418. The molecule has 1 fully saturated rings. The number of nitrogens with zero attached hydrogens (tertiary/aromatic N) is 3. The normalized spacial score (nSPS) is 18.1. The summed E-state index contributed by atoms with van der Waals surface area (Å²) in [5, 5.41) is 3.24. The van der Waals surface area contributed by atoms with Crippen molar-refractivity contribution in [3.8, 4) is 0 Å². The van der Waals surface area contributed by atoms with Gasteiger partial charge in [0.2, 0.25) is 5.95 Å². The Hall–Kier alpha value is -0.840. The van der Waals surface area contributed by atoms with Crippen LogP contribution in [-0.2, 0) is 0 Å². The standard InChI is InChI=1S/C13H21BrN4/c1-4-6-15-12-16-8-10(14)11(17-12)18-7-5-13(2,3)9-18/h8H,4-7,9H2,1-3H3,(H,15,16,17). The number of nitrogens with one attached hydrogen (secondary N) is 1. The Kier molecular flexibility index (Phi) is 4.10. The first kappa shape index (κ1) is 13.6. The van der Waals surface area contributed by atoms with Crippen molar-refractivity contribution in [1.82, 2.24) is 9.97 Å². The third-order valence-corrected chi connectivity index (χ3v) is 3.80. The molecular formula is C13H21BrN4. The minimum Gasteiger partial charge on any atom is -0.355 e. The summed E-state index contributed by atoms with van der Waals surface area (Å²) < 4.78 is 0.974. The fourth-order valence-corrected chi connectivity index (χ4v) is 2.64. The summed E-state index contributed by atoms with van der Waals surface area (Å²) in [6.45, 7) is 9.77. The predicted molar refractivity (Wildman–Crippen MR) is 79.1 cm³/mol. The SMILES string of the molecule is CCCNc1ncc(Br)c(N2CCC(C)(C)C2)n1. The topological polar surface area (TPSA) is 41.1 Å². The van der Waals surface area contributed by atoms with Crippen LogP contribution < -0.4 is 10.2 Å². The Morgan fingerprint density at radius 1 is 1.50 bits per heavy atom. The van der Waals surface area contributed by atoms with E-state index >= 15 is 0 Å². The van der Waals surface area contributed by atoms with Gasteiger partial charge in [0, 0.05) is 25.8 Å². The highest BCUT2D eigenvalue weighted by Gasteiger charge is 2.31. The second kappa shape index (κ2) is 5.43. The largest absolute Gasteiger partial charge is 0.355 e.